The molecule has 0 aliphatic heterocycles. The lowest BCUT2D eigenvalue weighted by Crippen LogP contribution is -2.27. The number of nitrogens with one attached hydrogen (secondary N) is 1. The topological polar surface area (TPSA) is 126 Å². The van der Waals surface area contributed by atoms with E-state index < -0.39 is 22.8 Å². The molecule has 1 heterocycles. The highest BCUT2D eigenvalue weighted by Crippen LogP contribution is 2.32. The summed E-state index contributed by atoms with van der Waals surface area (Å²) in [7, 11) is 0. The molecule has 1 rings (SSSR count). The Balaban J connectivity index is 2.81. The highest BCUT2D eigenvalue weighted by atomic mass is 35.5. The van der Waals surface area contributed by atoms with Gasteiger partial charge in [0.2, 0.25) is 5.91 Å². The smallest absolute Gasteiger partial charge is 0.306 e. The average Bonchev–Trinajstić information content (AvgIpc) is 2.37. The summed E-state index contributed by atoms with van der Waals surface area (Å²) in [5.41, 5.74) is -0.478. The van der Waals surface area contributed by atoms with Crippen molar-refractivity contribution in [3.63, 3.8) is 0 Å². The molecule has 0 spiro atoms. The number of aromatic nitrogens is 1. The highest BCUT2D eigenvalue weighted by molar-refractivity contribution is 6.33. The predicted molar refractivity (Wildman–Crippen MR) is 70.2 cm³/mol. The quantitative estimate of drug-likeness (QED) is 0.521. The van der Waals surface area contributed by atoms with Crippen molar-refractivity contribution in [2.75, 3.05) is 6.54 Å². The molecule has 2 atom stereocenters. The first-order chi connectivity index (χ1) is 9.34. The molecule has 9 heteroatoms. The molecule has 1 aromatic heterocycles. The highest BCUT2D eigenvalue weighted by Gasteiger charge is 2.25. The van der Waals surface area contributed by atoms with E-state index in [0.29, 0.717) is 0 Å². The van der Waals surface area contributed by atoms with Crippen LogP contribution in [0.2, 0.25) is 5.02 Å². The van der Waals surface area contributed by atoms with Crippen molar-refractivity contribution < 1.29 is 19.9 Å². The molecular formula is C11H14ClN3O5. The van der Waals surface area contributed by atoms with Gasteiger partial charge in [-0.05, 0) is 6.42 Å². The first-order valence-corrected chi connectivity index (χ1v) is 6.10. The Morgan fingerprint density at radius 1 is 1.55 bits per heavy atom. The van der Waals surface area contributed by atoms with Gasteiger partial charge in [-0.3, -0.25) is 19.9 Å². The standard InChI is InChI=1S/C11H14ClN3O5/c1-6(16)14-3-2-9(17)11(18)7-4-13-5-8(10(7)12)15(19)20/h4-5,9,11,17-18H,2-3H2,1H3,(H,14,16). The molecular weight excluding hydrogens is 290 g/mol. The van der Waals surface area contributed by atoms with Crippen LogP contribution in [0.1, 0.15) is 25.0 Å². The van der Waals surface area contributed by atoms with Crippen LogP contribution in [-0.4, -0.2) is 38.7 Å². The molecule has 3 N–H and O–H groups in total. The Hall–Kier alpha value is -1.77. The molecule has 0 saturated heterocycles. The van der Waals surface area contributed by atoms with Crippen LogP contribution < -0.4 is 5.32 Å². The van der Waals surface area contributed by atoms with E-state index in [9.17, 15) is 25.1 Å². The number of aliphatic hydroxyl groups excluding tert-OH is 2. The zero-order valence-corrected chi connectivity index (χ0v) is 11.4. The number of nitrogens with zero attached hydrogens (tertiary/aromatic N) is 2. The van der Waals surface area contributed by atoms with Crippen molar-refractivity contribution in [3.05, 3.63) is 33.1 Å². The van der Waals surface area contributed by atoms with Crippen LogP contribution in [-0.2, 0) is 4.79 Å². The van der Waals surface area contributed by atoms with Crippen molar-refractivity contribution in [1.82, 2.24) is 10.3 Å². The van der Waals surface area contributed by atoms with E-state index in [0.717, 1.165) is 12.4 Å². The number of rotatable bonds is 6. The van der Waals surface area contributed by atoms with Gasteiger partial charge < -0.3 is 15.5 Å². The van der Waals surface area contributed by atoms with E-state index in [-0.39, 0.29) is 29.5 Å². The second-order valence-corrected chi connectivity index (χ2v) is 4.48. The fourth-order valence-corrected chi connectivity index (χ4v) is 1.82. The van der Waals surface area contributed by atoms with Gasteiger partial charge in [0.1, 0.15) is 17.3 Å². The van der Waals surface area contributed by atoms with Gasteiger partial charge in [0, 0.05) is 25.2 Å². The number of carbonyl (C=O) groups is 1. The number of amides is 1. The summed E-state index contributed by atoms with van der Waals surface area (Å²) in [6.45, 7) is 1.48. The molecule has 0 aliphatic rings. The second-order valence-electron chi connectivity index (χ2n) is 4.10. The molecule has 8 nitrogen and oxygen atoms in total. The van der Waals surface area contributed by atoms with Gasteiger partial charge in [0.15, 0.2) is 0 Å². The molecule has 110 valence electrons. The minimum atomic E-state index is -1.43. The van der Waals surface area contributed by atoms with Crippen molar-refractivity contribution >= 4 is 23.2 Å². The molecule has 0 bridgehead atoms. The molecule has 0 radical (unpaired) electrons. The number of pyridine rings is 1. The third-order valence-corrected chi connectivity index (χ3v) is 2.99. The average molecular weight is 304 g/mol. The summed E-state index contributed by atoms with van der Waals surface area (Å²) in [6, 6.07) is 0. The SMILES string of the molecule is CC(=O)NCCC(O)C(O)c1cncc([N+](=O)[O-])c1Cl. The summed E-state index contributed by atoms with van der Waals surface area (Å²) in [5, 5.41) is 32.6. The molecule has 20 heavy (non-hydrogen) atoms. The Morgan fingerprint density at radius 3 is 2.75 bits per heavy atom. The summed E-state index contributed by atoms with van der Waals surface area (Å²) < 4.78 is 0. The monoisotopic (exact) mass is 303 g/mol. The van der Waals surface area contributed by atoms with Crippen LogP contribution in [0.3, 0.4) is 0 Å². The van der Waals surface area contributed by atoms with Gasteiger partial charge >= 0.3 is 5.69 Å². The largest absolute Gasteiger partial charge is 0.390 e. The maximum Gasteiger partial charge on any atom is 0.306 e. The fraction of sp³-hybridized carbons (Fsp3) is 0.455. The van der Waals surface area contributed by atoms with Crippen molar-refractivity contribution in [2.24, 2.45) is 0 Å². The lowest BCUT2D eigenvalue weighted by molar-refractivity contribution is -0.385. The fourth-order valence-electron chi connectivity index (χ4n) is 1.54. The number of hydrogen-bond acceptors (Lipinski definition) is 6. The second kappa shape index (κ2) is 7.13. The van der Waals surface area contributed by atoms with Gasteiger partial charge in [0.05, 0.1) is 11.0 Å². The number of carbonyl (C=O) groups excluding carboxylic acids is 1. The van der Waals surface area contributed by atoms with Crippen LogP contribution in [0.5, 0.6) is 0 Å². The van der Waals surface area contributed by atoms with Gasteiger partial charge in [-0.15, -0.1) is 0 Å². The van der Waals surface area contributed by atoms with E-state index in [1.807, 2.05) is 0 Å². The summed E-state index contributed by atoms with van der Waals surface area (Å²) in [6.07, 6.45) is -0.476. The van der Waals surface area contributed by atoms with E-state index in [1.54, 1.807) is 0 Å². The van der Waals surface area contributed by atoms with Gasteiger partial charge in [-0.1, -0.05) is 11.6 Å². The molecule has 0 saturated carbocycles. The summed E-state index contributed by atoms with van der Waals surface area (Å²) in [4.78, 5) is 24.3. The maximum atomic E-state index is 10.7. The lowest BCUT2D eigenvalue weighted by Gasteiger charge is -2.18. The van der Waals surface area contributed by atoms with Crippen LogP contribution in [0.4, 0.5) is 5.69 Å². The Morgan fingerprint density at radius 2 is 2.20 bits per heavy atom. The van der Waals surface area contributed by atoms with E-state index in [2.05, 4.69) is 10.3 Å². The first kappa shape index (κ1) is 16.3. The third kappa shape index (κ3) is 4.12. The zero-order chi connectivity index (χ0) is 15.3. The normalized spacial score (nSPS) is 13.6. The third-order valence-electron chi connectivity index (χ3n) is 2.58. The number of halogens is 1. The molecule has 2 unspecified atom stereocenters. The molecule has 0 fully saturated rings. The lowest BCUT2D eigenvalue weighted by atomic mass is 10.0. The first-order valence-electron chi connectivity index (χ1n) is 5.73. The number of nitro groups is 1. The van der Waals surface area contributed by atoms with Crippen molar-refractivity contribution in [1.29, 1.82) is 0 Å². The maximum absolute atomic E-state index is 10.7. The Bertz CT molecular complexity index is 511. The van der Waals surface area contributed by atoms with E-state index in [4.69, 9.17) is 11.6 Å². The predicted octanol–water partition coefficient (Wildman–Crippen LogP) is 0.564. The molecule has 0 aliphatic carbocycles. The zero-order valence-electron chi connectivity index (χ0n) is 10.6. The van der Waals surface area contributed by atoms with Gasteiger partial charge in [0.25, 0.3) is 0 Å². The minimum absolute atomic E-state index is 0.0313. The Labute approximate surface area is 119 Å². The van der Waals surface area contributed by atoms with Crippen LogP contribution in [0, 0.1) is 10.1 Å². The van der Waals surface area contributed by atoms with Crippen molar-refractivity contribution in [3.8, 4) is 0 Å². The van der Waals surface area contributed by atoms with E-state index in [1.165, 1.54) is 6.92 Å². The molecule has 1 amide bonds. The minimum Gasteiger partial charge on any atom is -0.390 e. The van der Waals surface area contributed by atoms with Crippen LogP contribution in [0.15, 0.2) is 12.4 Å². The van der Waals surface area contributed by atoms with Crippen LogP contribution in [0.25, 0.3) is 0 Å². The van der Waals surface area contributed by atoms with Gasteiger partial charge in [-0.2, -0.15) is 0 Å². The Kier molecular flexibility index (Phi) is 5.81. The molecule has 0 aromatic carbocycles. The number of aliphatic hydroxyl groups is 2. The molecule has 1 aromatic rings. The summed E-state index contributed by atoms with van der Waals surface area (Å²) in [5.74, 6) is -0.262. The van der Waals surface area contributed by atoms with Crippen LogP contribution >= 0.6 is 11.6 Å². The summed E-state index contributed by atoms with van der Waals surface area (Å²) >= 11 is 5.80. The number of hydrogen-bond donors (Lipinski definition) is 3. The van der Waals surface area contributed by atoms with E-state index >= 15 is 0 Å². The van der Waals surface area contributed by atoms with Crippen molar-refractivity contribution in [2.45, 2.75) is 25.6 Å². The van der Waals surface area contributed by atoms with Gasteiger partial charge in [-0.25, -0.2) is 0 Å².